The van der Waals surface area contributed by atoms with Gasteiger partial charge in [-0.15, -0.1) is 0 Å². The van der Waals surface area contributed by atoms with Gasteiger partial charge in [0.1, 0.15) is 5.82 Å². The van der Waals surface area contributed by atoms with Crippen LogP contribution in [0.5, 0.6) is 0 Å². The number of benzene rings is 2. The number of anilines is 1. The van der Waals surface area contributed by atoms with Crippen LogP contribution in [0.25, 0.3) is 11.1 Å². The van der Waals surface area contributed by atoms with Crippen LogP contribution in [-0.2, 0) is 0 Å². The summed E-state index contributed by atoms with van der Waals surface area (Å²) in [6.07, 6.45) is 0. The summed E-state index contributed by atoms with van der Waals surface area (Å²) in [6.45, 7) is 0. The van der Waals surface area contributed by atoms with Gasteiger partial charge in [0.2, 0.25) is 0 Å². The summed E-state index contributed by atoms with van der Waals surface area (Å²) in [7, 11) is 0. The molecule has 0 bridgehead atoms. The van der Waals surface area contributed by atoms with Crippen molar-refractivity contribution >= 4 is 23.0 Å². The molecule has 6 heteroatoms. The molecule has 4 nitrogen and oxygen atoms in total. The van der Waals surface area contributed by atoms with Crippen LogP contribution in [0, 0.1) is 15.9 Å². The van der Waals surface area contributed by atoms with Gasteiger partial charge < -0.3 is 5.73 Å². The second-order valence-electron chi connectivity index (χ2n) is 3.66. The maximum atomic E-state index is 13.7. The summed E-state index contributed by atoms with van der Waals surface area (Å²) >= 11 is 5.78. The Morgan fingerprint density at radius 3 is 2.61 bits per heavy atom. The first-order chi connectivity index (χ1) is 8.49. The summed E-state index contributed by atoms with van der Waals surface area (Å²) in [5, 5.41) is 10.9. The third-order valence-electron chi connectivity index (χ3n) is 2.43. The Bertz CT molecular complexity index is 611. The minimum absolute atomic E-state index is 0.114. The molecule has 0 atom stereocenters. The zero-order valence-electron chi connectivity index (χ0n) is 9.06. The van der Waals surface area contributed by atoms with Gasteiger partial charge in [-0.1, -0.05) is 17.7 Å². The number of non-ortho nitro benzene ring substituents is 1. The number of hydrogen-bond acceptors (Lipinski definition) is 3. The quantitative estimate of drug-likeness (QED) is 0.512. The molecule has 92 valence electrons. The Kier molecular flexibility index (Phi) is 3.16. The molecule has 0 fully saturated rings. The first-order valence-corrected chi connectivity index (χ1v) is 5.36. The number of nitro benzene ring substituents is 1. The number of rotatable bonds is 2. The van der Waals surface area contributed by atoms with Crippen LogP contribution in [0.2, 0.25) is 5.02 Å². The van der Waals surface area contributed by atoms with E-state index in [0.29, 0.717) is 0 Å². The van der Waals surface area contributed by atoms with Gasteiger partial charge in [-0.05, 0) is 23.8 Å². The predicted octanol–water partition coefficient (Wildman–Crippen LogP) is 3.64. The van der Waals surface area contributed by atoms with Crippen LogP contribution >= 0.6 is 11.6 Å². The molecule has 2 aromatic carbocycles. The molecule has 0 unspecified atom stereocenters. The Balaban J connectivity index is 2.68. The molecule has 0 saturated heterocycles. The van der Waals surface area contributed by atoms with E-state index >= 15 is 0 Å². The zero-order valence-corrected chi connectivity index (χ0v) is 9.82. The SMILES string of the molecule is Nc1cccc(F)c1-c1cc(Cl)cc([N+](=O)[O-])c1. The third kappa shape index (κ3) is 2.26. The zero-order chi connectivity index (χ0) is 13.3. The second kappa shape index (κ2) is 4.62. The van der Waals surface area contributed by atoms with Crippen molar-refractivity contribution in [1.29, 1.82) is 0 Å². The summed E-state index contributed by atoms with van der Waals surface area (Å²) in [6, 6.07) is 8.09. The molecule has 0 saturated carbocycles. The van der Waals surface area contributed by atoms with Crippen molar-refractivity contribution in [2.24, 2.45) is 0 Å². The molecule has 0 aliphatic heterocycles. The van der Waals surface area contributed by atoms with E-state index in [0.717, 1.165) is 0 Å². The van der Waals surface area contributed by atoms with E-state index in [1.807, 2.05) is 0 Å². The molecule has 2 aromatic rings. The molecule has 0 spiro atoms. The van der Waals surface area contributed by atoms with Gasteiger partial charge in [-0.25, -0.2) is 4.39 Å². The van der Waals surface area contributed by atoms with Gasteiger partial charge in [0, 0.05) is 28.4 Å². The van der Waals surface area contributed by atoms with E-state index in [1.165, 1.54) is 36.4 Å². The molecule has 2 N–H and O–H groups in total. The summed E-state index contributed by atoms with van der Waals surface area (Å²) in [4.78, 5) is 10.1. The number of halogens is 2. The molecule has 0 radical (unpaired) electrons. The first kappa shape index (κ1) is 12.3. The highest BCUT2D eigenvalue weighted by atomic mass is 35.5. The third-order valence-corrected chi connectivity index (χ3v) is 2.65. The number of hydrogen-bond donors (Lipinski definition) is 1. The van der Waals surface area contributed by atoms with Crippen LogP contribution in [0.1, 0.15) is 0 Å². The maximum Gasteiger partial charge on any atom is 0.271 e. The molecular weight excluding hydrogens is 259 g/mol. The predicted molar refractivity (Wildman–Crippen MR) is 67.9 cm³/mol. The fourth-order valence-corrected chi connectivity index (χ4v) is 1.90. The Hall–Kier alpha value is -2.14. The average Bonchev–Trinajstić information content (AvgIpc) is 2.28. The van der Waals surface area contributed by atoms with Crippen LogP contribution in [0.4, 0.5) is 15.8 Å². The van der Waals surface area contributed by atoms with E-state index < -0.39 is 10.7 Å². The molecule has 0 heterocycles. The largest absolute Gasteiger partial charge is 0.398 e. The van der Waals surface area contributed by atoms with Crippen LogP contribution in [0.15, 0.2) is 36.4 Å². The van der Waals surface area contributed by atoms with E-state index in [1.54, 1.807) is 0 Å². The minimum atomic E-state index is -0.591. The minimum Gasteiger partial charge on any atom is -0.398 e. The summed E-state index contributed by atoms with van der Waals surface area (Å²) in [5.74, 6) is -0.549. The average molecular weight is 267 g/mol. The smallest absolute Gasteiger partial charge is 0.271 e. The van der Waals surface area contributed by atoms with Gasteiger partial charge in [-0.2, -0.15) is 0 Å². The van der Waals surface area contributed by atoms with Gasteiger partial charge in [0.15, 0.2) is 0 Å². The highest BCUT2D eigenvalue weighted by molar-refractivity contribution is 6.31. The Morgan fingerprint density at radius 1 is 1.28 bits per heavy atom. The lowest BCUT2D eigenvalue weighted by Crippen LogP contribution is -1.95. The summed E-state index contributed by atoms with van der Waals surface area (Å²) < 4.78 is 13.7. The fourth-order valence-electron chi connectivity index (χ4n) is 1.67. The van der Waals surface area contributed by atoms with Crippen LogP contribution in [0.3, 0.4) is 0 Å². The van der Waals surface area contributed by atoms with Crippen molar-refractivity contribution in [3.63, 3.8) is 0 Å². The molecule has 0 aromatic heterocycles. The number of nitrogens with two attached hydrogens (primary N) is 1. The molecule has 0 amide bonds. The monoisotopic (exact) mass is 266 g/mol. The molecule has 2 rings (SSSR count). The molecule has 0 aliphatic carbocycles. The van der Waals surface area contributed by atoms with Gasteiger partial charge in [0.05, 0.1) is 4.92 Å². The number of nitrogens with zero attached hydrogens (tertiary/aromatic N) is 1. The van der Waals surface area contributed by atoms with Gasteiger partial charge in [-0.3, -0.25) is 10.1 Å². The van der Waals surface area contributed by atoms with Crippen molar-refractivity contribution in [3.8, 4) is 11.1 Å². The van der Waals surface area contributed by atoms with Crippen molar-refractivity contribution in [2.45, 2.75) is 0 Å². The van der Waals surface area contributed by atoms with Crippen molar-refractivity contribution in [1.82, 2.24) is 0 Å². The molecular formula is C12H8ClFN2O2. The summed E-state index contributed by atoms with van der Waals surface area (Å²) in [5.41, 5.74) is 6.07. The van der Waals surface area contributed by atoms with Crippen LogP contribution in [-0.4, -0.2) is 4.92 Å². The Morgan fingerprint density at radius 2 is 2.00 bits per heavy atom. The van der Waals surface area contributed by atoms with E-state index in [9.17, 15) is 14.5 Å². The second-order valence-corrected chi connectivity index (χ2v) is 4.10. The van der Waals surface area contributed by atoms with Crippen LogP contribution < -0.4 is 5.73 Å². The maximum absolute atomic E-state index is 13.7. The highest BCUT2D eigenvalue weighted by Gasteiger charge is 2.14. The topological polar surface area (TPSA) is 69.2 Å². The van der Waals surface area contributed by atoms with E-state index in [-0.39, 0.29) is 27.5 Å². The van der Waals surface area contributed by atoms with Crippen molar-refractivity contribution in [3.05, 3.63) is 57.4 Å². The number of nitrogen functional groups attached to an aromatic ring is 1. The lowest BCUT2D eigenvalue weighted by atomic mass is 10.0. The van der Waals surface area contributed by atoms with Crippen molar-refractivity contribution < 1.29 is 9.31 Å². The normalized spacial score (nSPS) is 10.3. The first-order valence-electron chi connectivity index (χ1n) is 4.98. The number of nitro groups is 1. The Labute approximate surface area is 107 Å². The highest BCUT2D eigenvalue weighted by Crippen LogP contribution is 2.33. The lowest BCUT2D eigenvalue weighted by Gasteiger charge is -2.07. The van der Waals surface area contributed by atoms with Crippen molar-refractivity contribution in [2.75, 3.05) is 5.73 Å². The van der Waals surface area contributed by atoms with Gasteiger partial charge in [0.25, 0.3) is 5.69 Å². The standard InChI is InChI=1S/C12H8ClFN2O2/c13-8-4-7(5-9(6-8)16(17)18)12-10(14)2-1-3-11(12)15/h1-6H,15H2. The fraction of sp³-hybridized carbons (Fsp3) is 0. The van der Waals surface area contributed by atoms with E-state index in [2.05, 4.69) is 0 Å². The molecule has 0 aliphatic rings. The lowest BCUT2D eigenvalue weighted by molar-refractivity contribution is -0.384. The molecule has 18 heavy (non-hydrogen) atoms. The van der Waals surface area contributed by atoms with Gasteiger partial charge >= 0.3 is 0 Å². The van der Waals surface area contributed by atoms with E-state index in [4.69, 9.17) is 17.3 Å².